The molecule has 1 aliphatic heterocycles. The summed E-state index contributed by atoms with van der Waals surface area (Å²) in [6, 6.07) is 10.6. The Morgan fingerprint density at radius 1 is 1.03 bits per heavy atom. The van der Waals surface area contributed by atoms with Crippen molar-refractivity contribution in [2.24, 2.45) is 0 Å². The molecule has 2 aromatic carbocycles. The van der Waals surface area contributed by atoms with Gasteiger partial charge in [-0.05, 0) is 42.0 Å². The van der Waals surface area contributed by atoms with Crippen LogP contribution in [0.1, 0.15) is 21.5 Å². The fraction of sp³-hybridized carbons (Fsp3) is 0.190. The number of carbonyl (C=O) groups is 3. The number of hydroxylamine groups is 1. The van der Waals surface area contributed by atoms with E-state index in [0.717, 1.165) is 30.3 Å². The molecule has 0 spiro atoms. The Morgan fingerprint density at radius 3 is 2.32 bits per heavy atom. The summed E-state index contributed by atoms with van der Waals surface area (Å²) in [5, 5.41) is 8.59. The summed E-state index contributed by atoms with van der Waals surface area (Å²) >= 11 is 0. The molecule has 0 unspecified atom stereocenters. The number of piperazine rings is 1. The Hall–Kier alpha value is -3.66. The number of hydrogen-bond acceptors (Lipinski definition) is 4. The summed E-state index contributed by atoms with van der Waals surface area (Å²) in [7, 11) is 0. The first kappa shape index (κ1) is 22.0. The van der Waals surface area contributed by atoms with Gasteiger partial charge in [-0.3, -0.25) is 19.6 Å². The SMILES string of the molecule is O=C(/C=C/c1ccccc1N1CCN(C(=O)c2ccc(C(F)(F)F)cc2)CC1=O)NO. The van der Waals surface area contributed by atoms with E-state index in [-0.39, 0.29) is 31.1 Å². The maximum Gasteiger partial charge on any atom is 0.416 e. The third kappa shape index (κ3) is 5.10. The van der Waals surface area contributed by atoms with Gasteiger partial charge in [0, 0.05) is 24.7 Å². The minimum Gasteiger partial charge on any atom is -0.328 e. The molecule has 31 heavy (non-hydrogen) atoms. The van der Waals surface area contributed by atoms with E-state index >= 15 is 0 Å². The zero-order chi connectivity index (χ0) is 22.6. The van der Waals surface area contributed by atoms with Crippen LogP contribution in [0.5, 0.6) is 0 Å². The van der Waals surface area contributed by atoms with E-state index in [1.807, 2.05) is 0 Å². The standard InChI is InChI=1S/C21H18F3N3O4/c22-21(23,24)16-8-5-15(6-9-16)20(30)26-11-12-27(19(29)13-26)17-4-2-1-3-14(17)7-10-18(28)25-31/h1-10,31H,11-13H2,(H,25,28)/b10-7+. The molecule has 3 amide bonds. The lowest BCUT2D eigenvalue weighted by atomic mass is 10.1. The Bertz CT molecular complexity index is 1020. The van der Waals surface area contributed by atoms with Crippen LogP contribution >= 0.6 is 0 Å². The summed E-state index contributed by atoms with van der Waals surface area (Å²) in [5.41, 5.74) is 1.76. The van der Waals surface area contributed by atoms with Gasteiger partial charge in [0.2, 0.25) is 5.91 Å². The molecule has 162 valence electrons. The van der Waals surface area contributed by atoms with E-state index in [0.29, 0.717) is 11.3 Å². The van der Waals surface area contributed by atoms with Gasteiger partial charge in [-0.25, -0.2) is 5.48 Å². The van der Waals surface area contributed by atoms with Crippen LogP contribution in [-0.2, 0) is 15.8 Å². The summed E-state index contributed by atoms with van der Waals surface area (Å²) < 4.78 is 38.1. The second kappa shape index (κ2) is 9.00. The van der Waals surface area contributed by atoms with Crippen molar-refractivity contribution in [3.05, 3.63) is 71.3 Å². The largest absolute Gasteiger partial charge is 0.416 e. The van der Waals surface area contributed by atoms with E-state index in [9.17, 15) is 27.6 Å². The number of halogens is 3. The molecule has 1 saturated heterocycles. The number of benzene rings is 2. The lowest BCUT2D eigenvalue weighted by Gasteiger charge is -2.35. The number of amides is 3. The highest BCUT2D eigenvalue weighted by atomic mass is 19.4. The average Bonchev–Trinajstić information content (AvgIpc) is 2.76. The van der Waals surface area contributed by atoms with Gasteiger partial charge in [-0.2, -0.15) is 13.2 Å². The zero-order valence-corrected chi connectivity index (χ0v) is 16.1. The van der Waals surface area contributed by atoms with E-state index in [2.05, 4.69) is 0 Å². The number of carbonyl (C=O) groups excluding carboxylic acids is 3. The first-order chi connectivity index (χ1) is 14.7. The van der Waals surface area contributed by atoms with Crippen LogP contribution in [0, 0.1) is 0 Å². The highest BCUT2D eigenvalue weighted by Crippen LogP contribution is 2.29. The predicted octanol–water partition coefficient (Wildman–Crippen LogP) is 2.71. The molecule has 0 aromatic heterocycles. The fourth-order valence-electron chi connectivity index (χ4n) is 3.16. The molecule has 0 atom stereocenters. The van der Waals surface area contributed by atoms with Crippen molar-refractivity contribution < 1.29 is 32.8 Å². The zero-order valence-electron chi connectivity index (χ0n) is 16.1. The van der Waals surface area contributed by atoms with Crippen molar-refractivity contribution in [2.45, 2.75) is 6.18 Å². The van der Waals surface area contributed by atoms with Crippen LogP contribution < -0.4 is 10.4 Å². The monoisotopic (exact) mass is 433 g/mol. The van der Waals surface area contributed by atoms with Crippen molar-refractivity contribution in [1.82, 2.24) is 10.4 Å². The first-order valence-electron chi connectivity index (χ1n) is 9.19. The molecule has 7 nitrogen and oxygen atoms in total. The number of para-hydroxylation sites is 1. The van der Waals surface area contributed by atoms with Gasteiger partial charge >= 0.3 is 6.18 Å². The minimum atomic E-state index is -4.50. The molecule has 0 radical (unpaired) electrons. The molecule has 3 rings (SSSR count). The van der Waals surface area contributed by atoms with Gasteiger partial charge in [0.1, 0.15) is 6.54 Å². The quantitative estimate of drug-likeness (QED) is 0.441. The van der Waals surface area contributed by atoms with Gasteiger partial charge < -0.3 is 9.80 Å². The summed E-state index contributed by atoms with van der Waals surface area (Å²) in [6.07, 6.45) is -1.95. The van der Waals surface area contributed by atoms with Crippen molar-refractivity contribution in [1.29, 1.82) is 0 Å². The van der Waals surface area contributed by atoms with Crippen LogP contribution in [-0.4, -0.2) is 47.5 Å². The molecule has 0 saturated carbocycles. The number of nitrogens with zero attached hydrogens (tertiary/aromatic N) is 2. The number of nitrogens with one attached hydrogen (secondary N) is 1. The van der Waals surface area contributed by atoms with Gasteiger partial charge in [0.15, 0.2) is 0 Å². The van der Waals surface area contributed by atoms with Gasteiger partial charge in [-0.1, -0.05) is 18.2 Å². The molecule has 10 heteroatoms. The predicted molar refractivity (Wildman–Crippen MR) is 105 cm³/mol. The van der Waals surface area contributed by atoms with Gasteiger partial charge in [0.25, 0.3) is 11.8 Å². The van der Waals surface area contributed by atoms with Crippen molar-refractivity contribution in [3.63, 3.8) is 0 Å². The van der Waals surface area contributed by atoms with Crippen molar-refractivity contribution in [2.75, 3.05) is 24.5 Å². The fourth-order valence-corrected chi connectivity index (χ4v) is 3.16. The number of anilines is 1. The summed E-state index contributed by atoms with van der Waals surface area (Å²) in [6.45, 7) is 0.109. The molecular formula is C21H18F3N3O4. The Kier molecular flexibility index (Phi) is 6.40. The van der Waals surface area contributed by atoms with Crippen LogP contribution in [0.3, 0.4) is 0 Å². The first-order valence-corrected chi connectivity index (χ1v) is 9.19. The second-order valence-corrected chi connectivity index (χ2v) is 6.72. The molecule has 0 aliphatic carbocycles. The molecule has 2 N–H and O–H groups in total. The smallest absolute Gasteiger partial charge is 0.328 e. The molecule has 1 aliphatic rings. The summed E-state index contributed by atoms with van der Waals surface area (Å²) in [4.78, 5) is 39.3. The van der Waals surface area contributed by atoms with E-state index in [4.69, 9.17) is 5.21 Å². The second-order valence-electron chi connectivity index (χ2n) is 6.72. The molecular weight excluding hydrogens is 415 g/mol. The van der Waals surface area contributed by atoms with Crippen molar-refractivity contribution in [3.8, 4) is 0 Å². The number of alkyl halides is 3. The number of rotatable bonds is 4. The number of hydrogen-bond donors (Lipinski definition) is 2. The van der Waals surface area contributed by atoms with Crippen LogP contribution in [0.2, 0.25) is 0 Å². The maximum atomic E-state index is 12.7. The molecule has 0 bridgehead atoms. The maximum absolute atomic E-state index is 12.7. The van der Waals surface area contributed by atoms with Crippen molar-refractivity contribution >= 4 is 29.5 Å². The highest BCUT2D eigenvalue weighted by Gasteiger charge is 2.32. The third-order valence-corrected chi connectivity index (χ3v) is 4.72. The Balaban J connectivity index is 1.73. The third-order valence-electron chi connectivity index (χ3n) is 4.72. The molecule has 2 aromatic rings. The van der Waals surface area contributed by atoms with Gasteiger partial charge in [0.05, 0.1) is 11.3 Å². The summed E-state index contributed by atoms with van der Waals surface area (Å²) in [5.74, 6) is -1.64. The normalized spacial score (nSPS) is 14.8. The Labute approximate surface area is 175 Å². The topological polar surface area (TPSA) is 90.0 Å². The van der Waals surface area contributed by atoms with E-state index in [1.165, 1.54) is 21.4 Å². The van der Waals surface area contributed by atoms with E-state index < -0.39 is 23.6 Å². The Morgan fingerprint density at radius 2 is 1.71 bits per heavy atom. The highest BCUT2D eigenvalue weighted by molar-refractivity contribution is 6.03. The lowest BCUT2D eigenvalue weighted by molar-refractivity contribution is -0.137. The lowest BCUT2D eigenvalue weighted by Crippen LogP contribution is -2.52. The van der Waals surface area contributed by atoms with Crippen LogP contribution in [0.4, 0.5) is 18.9 Å². The van der Waals surface area contributed by atoms with Crippen LogP contribution in [0.15, 0.2) is 54.6 Å². The molecule has 1 heterocycles. The van der Waals surface area contributed by atoms with E-state index in [1.54, 1.807) is 24.3 Å². The average molecular weight is 433 g/mol. The van der Waals surface area contributed by atoms with Crippen LogP contribution in [0.25, 0.3) is 6.08 Å². The van der Waals surface area contributed by atoms with Gasteiger partial charge in [-0.15, -0.1) is 0 Å². The molecule has 1 fully saturated rings. The minimum absolute atomic E-state index is 0.0626.